The topological polar surface area (TPSA) is 126 Å². The molecule has 2 N–H and O–H groups in total. The molecule has 0 fully saturated rings. The molecule has 2 aromatic rings. The van der Waals surface area contributed by atoms with Crippen LogP contribution in [0.5, 0.6) is 0 Å². The molecule has 2 heterocycles. The first-order valence-corrected chi connectivity index (χ1v) is 13.7. The van der Waals surface area contributed by atoms with Crippen LogP contribution in [0.4, 0.5) is 0 Å². The first-order chi connectivity index (χ1) is 18.2. The van der Waals surface area contributed by atoms with Crippen LogP contribution in [0.1, 0.15) is 66.4 Å². The Labute approximate surface area is 227 Å². The largest absolute Gasteiger partial charge is 0.354 e. The van der Waals surface area contributed by atoms with Crippen LogP contribution in [-0.4, -0.2) is 63.0 Å². The van der Waals surface area contributed by atoms with Crippen molar-refractivity contribution in [3.63, 3.8) is 0 Å². The molecule has 0 saturated heterocycles. The van der Waals surface area contributed by atoms with Crippen molar-refractivity contribution in [2.75, 3.05) is 13.1 Å². The SMILES string of the molecule is CC(=O)SC(CCCN1C(=O)c2ccccc2C1=O)C(=O)N[C@@H](CC(C)C)C(=O)NCCc1ccccn1. The number of amides is 4. The Hall–Kier alpha value is -3.53. The van der Waals surface area contributed by atoms with Crippen LogP contribution < -0.4 is 10.6 Å². The smallest absolute Gasteiger partial charge is 0.261 e. The van der Waals surface area contributed by atoms with E-state index in [9.17, 15) is 24.0 Å². The van der Waals surface area contributed by atoms with Gasteiger partial charge in [-0.05, 0) is 49.4 Å². The molecule has 0 saturated carbocycles. The van der Waals surface area contributed by atoms with Gasteiger partial charge >= 0.3 is 0 Å². The number of carbonyl (C=O) groups is 5. The molecule has 4 amide bonds. The molecule has 202 valence electrons. The highest BCUT2D eigenvalue weighted by atomic mass is 32.2. The number of imide groups is 1. The molecular weight excluding hydrogens is 504 g/mol. The fraction of sp³-hybridized carbons (Fsp3) is 0.429. The zero-order valence-corrected chi connectivity index (χ0v) is 22.8. The van der Waals surface area contributed by atoms with Gasteiger partial charge in [-0.15, -0.1) is 0 Å². The van der Waals surface area contributed by atoms with E-state index in [0.29, 0.717) is 36.9 Å². The number of carbonyl (C=O) groups excluding carboxylic acids is 5. The number of rotatable bonds is 13. The lowest BCUT2D eigenvalue weighted by Gasteiger charge is -2.23. The molecule has 38 heavy (non-hydrogen) atoms. The molecule has 3 rings (SSSR count). The quantitative estimate of drug-likeness (QED) is 0.376. The van der Waals surface area contributed by atoms with Crippen molar-refractivity contribution < 1.29 is 24.0 Å². The average molecular weight is 539 g/mol. The highest BCUT2D eigenvalue weighted by Crippen LogP contribution is 2.24. The zero-order chi connectivity index (χ0) is 27.7. The third-order valence-electron chi connectivity index (χ3n) is 6.07. The summed E-state index contributed by atoms with van der Waals surface area (Å²) in [5, 5.41) is 4.71. The minimum absolute atomic E-state index is 0.137. The standard InChI is InChI=1S/C28H34N4O5S/c1-18(2)17-23(25(34)30-15-13-20-9-6-7-14-29-20)31-26(35)24(38-19(3)33)12-8-16-32-27(36)21-10-4-5-11-22(21)28(32)37/h4-7,9-11,14,18,23-24H,8,12-13,15-17H2,1-3H3,(H,30,34)(H,31,35)/t23-,24?/m0/s1. The van der Waals surface area contributed by atoms with E-state index >= 15 is 0 Å². The summed E-state index contributed by atoms with van der Waals surface area (Å²) in [7, 11) is 0. The van der Waals surface area contributed by atoms with Crippen LogP contribution in [0.3, 0.4) is 0 Å². The van der Waals surface area contributed by atoms with E-state index in [-0.39, 0.29) is 41.7 Å². The minimum Gasteiger partial charge on any atom is -0.354 e. The number of fused-ring (bicyclic) bond motifs is 1. The van der Waals surface area contributed by atoms with Crippen LogP contribution in [0.15, 0.2) is 48.7 Å². The first-order valence-electron chi connectivity index (χ1n) is 12.8. The molecule has 0 aliphatic carbocycles. The molecule has 1 aliphatic heterocycles. The zero-order valence-electron chi connectivity index (χ0n) is 21.9. The van der Waals surface area contributed by atoms with E-state index < -0.39 is 17.2 Å². The van der Waals surface area contributed by atoms with Crippen molar-refractivity contribution in [3.05, 3.63) is 65.5 Å². The van der Waals surface area contributed by atoms with Gasteiger partial charge in [0.25, 0.3) is 11.8 Å². The van der Waals surface area contributed by atoms with Crippen molar-refractivity contribution in [2.24, 2.45) is 5.92 Å². The van der Waals surface area contributed by atoms with Crippen LogP contribution in [0.25, 0.3) is 0 Å². The highest BCUT2D eigenvalue weighted by Gasteiger charge is 2.35. The second-order valence-electron chi connectivity index (χ2n) is 9.60. The van der Waals surface area contributed by atoms with Gasteiger partial charge in [-0.1, -0.05) is 43.8 Å². The molecule has 10 heteroatoms. The number of aromatic nitrogens is 1. The van der Waals surface area contributed by atoms with Crippen molar-refractivity contribution in [1.29, 1.82) is 0 Å². The van der Waals surface area contributed by atoms with Gasteiger partial charge in [0.05, 0.1) is 16.4 Å². The van der Waals surface area contributed by atoms with Crippen molar-refractivity contribution in [1.82, 2.24) is 20.5 Å². The Morgan fingerprint density at radius 2 is 1.63 bits per heavy atom. The van der Waals surface area contributed by atoms with Crippen LogP contribution >= 0.6 is 11.8 Å². The number of hydrogen-bond acceptors (Lipinski definition) is 7. The van der Waals surface area contributed by atoms with Gasteiger partial charge < -0.3 is 10.6 Å². The molecule has 0 bridgehead atoms. The fourth-order valence-corrected chi connectivity index (χ4v) is 5.13. The number of pyridine rings is 1. The van der Waals surface area contributed by atoms with E-state index in [2.05, 4.69) is 15.6 Å². The second-order valence-corrected chi connectivity index (χ2v) is 11.0. The number of hydrogen-bond donors (Lipinski definition) is 2. The van der Waals surface area contributed by atoms with Gasteiger partial charge in [-0.2, -0.15) is 0 Å². The third kappa shape index (κ3) is 7.98. The van der Waals surface area contributed by atoms with Crippen LogP contribution in [0.2, 0.25) is 0 Å². The van der Waals surface area contributed by atoms with Gasteiger partial charge in [0.2, 0.25) is 11.8 Å². The Morgan fingerprint density at radius 3 is 2.21 bits per heavy atom. The summed E-state index contributed by atoms with van der Waals surface area (Å²) < 4.78 is 0. The molecular formula is C28H34N4O5S. The molecule has 9 nitrogen and oxygen atoms in total. The molecule has 1 aliphatic rings. The maximum atomic E-state index is 13.2. The summed E-state index contributed by atoms with van der Waals surface area (Å²) in [5.41, 5.74) is 1.60. The molecule has 1 aromatic heterocycles. The predicted molar refractivity (Wildman–Crippen MR) is 145 cm³/mol. The lowest BCUT2D eigenvalue weighted by molar-refractivity contribution is -0.129. The Morgan fingerprint density at radius 1 is 0.974 bits per heavy atom. The Balaban J connectivity index is 1.57. The first kappa shape index (κ1) is 29.0. The van der Waals surface area contributed by atoms with Gasteiger partial charge in [0, 0.05) is 38.3 Å². The van der Waals surface area contributed by atoms with Crippen LogP contribution in [0, 0.1) is 5.92 Å². The van der Waals surface area contributed by atoms with E-state index in [1.54, 1.807) is 30.5 Å². The van der Waals surface area contributed by atoms with E-state index in [1.165, 1.54) is 11.8 Å². The monoisotopic (exact) mass is 538 g/mol. The van der Waals surface area contributed by atoms with Crippen molar-refractivity contribution in [2.45, 2.75) is 57.7 Å². The van der Waals surface area contributed by atoms with Gasteiger partial charge in [-0.25, -0.2) is 0 Å². The predicted octanol–water partition coefficient (Wildman–Crippen LogP) is 3.00. The third-order valence-corrected chi connectivity index (χ3v) is 7.14. The molecule has 0 radical (unpaired) electrons. The summed E-state index contributed by atoms with van der Waals surface area (Å²) in [6, 6.07) is 11.5. The van der Waals surface area contributed by atoms with Gasteiger partial charge in [0.1, 0.15) is 6.04 Å². The lowest BCUT2D eigenvalue weighted by atomic mass is 10.0. The van der Waals surface area contributed by atoms with Crippen LogP contribution in [-0.2, 0) is 20.8 Å². The maximum absolute atomic E-state index is 13.2. The number of thioether (sulfide) groups is 1. The average Bonchev–Trinajstić information content (AvgIpc) is 3.12. The van der Waals surface area contributed by atoms with E-state index in [4.69, 9.17) is 0 Å². The maximum Gasteiger partial charge on any atom is 0.261 e. The molecule has 0 spiro atoms. The van der Waals surface area contributed by atoms with E-state index in [0.717, 1.165) is 17.5 Å². The fourth-order valence-electron chi connectivity index (χ4n) is 4.27. The summed E-state index contributed by atoms with van der Waals surface area (Å²) in [6.07, 6.45) is 3.30. The molecule has 2 atom stereocenters. The normalized spacial score (nSPS) is 14.3. The lowest BCUT2D eigenvalue weighted by Crippen LogP contribution is -2.50. The highest BCUT2D eigenvalue weighted by molar-refractivity contribution is 8.14. The minimum atomic E-state index is -0.752. The molecule has 1 aromatic carbocycles. The number of nitrogens with zero attached hydrogens (tertiary/aromatic N) is 2. The molecule has 1 unspecified atom stereocenters. The summed E-state index contributed by atoms with van der Waals surface area (Å²) in [5.74, 6) is -1.27. The van der Waals surface area contributed by atoms with Crippen molar-refractivity contribution in [3.8, 4) is 0 Å². The van der Waals surface area contributed by atoms with Gasteiger partial charge in [0.15, 0.2) is 5.12 Å². The summed E-state index contributed by atoms with van der Waals surface area (Å²) >= 11 is 0.888. The van der Waals surface area contributed by atoms with Gasteiger partial charge in [-0.3, -0.25) is 33.9 Å². The second kappa shape index (κ2) is 13.9. The number of nitrogens with one attached hydrogen (secondary N) is 2. The van der Waals surface area contributed by atoms with Crippen molar-refractivity contribution >= 4 is 40.5 Å². The Kier molecular flexibility index (Phi) is 10.6. The van der Waals surface area contributed by atoms with E-state index in [1.807, 2.05) is 32.0 Å². The summed E-state index contributed by atoms with van der Waals surface area (Å²) in [6.45, 7) is 5.82. The number of benzene rings is 1. The Bertz CT molecular complexity index is 1140. The summed E-state index contributed by atoms with van der Waals surface area (Å²) in [4.78, 5) is 68.6.